The summed E-state index contributed by atoms with van der Waals surface area (Å²) < 4.78 is 0. The van der Waals surface area contributed by atoms with E-state index in [0.29, 0.717) is 17.7 Å². The number of hydrogen-bond donors (Lipinski definition) is 2. The highest BCUT2D eigenvalue weighted by Gasteiger charge is 2.16. The smallest absolute Gasteiger partial charge is 0.257 e. The molecule has 0 saturated heterocycles. The lowest BCUT2D eigenvalue weighted by molar-refractivity contribution is 0.0782. The fraction of sp³-hybridized carbons (Fsp3) is 0.188. The number of phenols is 2. The van der Waals surface area contributed by atoms with Gasteiger partial charge in [0.05, 0.1) is 5.56 Å². The van der Waals surface area contributed by atoms with Crippen LogP contribution in [0.1, 0.15) is 21.5 Å². The zero-order chi connectivity index (χ0) is 14.7. The number of rotatable bonds is 3. The second-order valence-corrected chi connectivity index (χ2v) is 4.80. The van der Waals surface area contributed by atoms with Gasteiger partial charge in [-0.15, -0.1) is 0 Å². The van der Waals surface area contributed by atoms with Gasteiger partial charge in [0.1, 0.15) is 11.5 Å². The van der Waals surface area contributed by atoms with Crippen LogP contribution in [0.5, 0.6) is 11.5 Å². The molecule has 0 aliphatic rings. The molecule has 0 saturated carbocycles. The molecule has 0 bridgehead atoms. The summed E-state index contributed by atoms with van der Waals surface area (Å²) in [6.07, 6.45) is 0. The lowest BCUT2D eigenvalue weighted by Gasteiger charge is -2.18. The highest BCUT2D eigenvalue weighted by Crippen LogP contribution is 2.23. The van der Waals surface area contributed by atoms with Gasteiger partial charge in [0.15, 0.2) is 0 Å². The fourth-order valence-electron chi connectivity index (χ4n) is 1.98. The average Bonchev–Trinajstić information content (AvgIpc) is 2.43. The number of amides is 1. The van der Waals surface area contributed by atoms with Crippen LogP contribution in [-0.2, 0) is 6.54 Å². The lowest BCUT2D eigenvalue weighted by atomic mass is 10.1. The van der Waals surface area contributed by atoms with Crippen molar-refractivity contribution in [3.63, 3.8) is 0 Å². The van der Waals surface area contributed by atoms with Gasteiger partial charge in [0.2, 0.25) is 0 Å². The predicted octanol–water partition coefficient (Wildman–Crippen LogP) is 2.68. The van der Waals surface area contributed by atoms with Gasteiger partial charge in [0, 0.05) is 13.6 Å². The van der Waals surface area contributed by atoms with E-state index >= 15 is 0 Å². The van der Waals surface area contributed by atoms with Gasteiger partial charge in [-0.3, -0.25) is 4.79 Å². The molecule has 0 aromatic heterocycles. The Morgan fingerprint density at radius 3 is 2.40 bits per heavy atom. The molecule has 2 aromatic carbocycles. The van der Waals surface area contributed by atoms with Crippen LogP contribution >= 0.6 is 0 Å². The Bertz CT molecular complexity index is 620. The number of carbonyl (C=O) groups is 1. The summed E-state index contributed by atoms with van der Waals surface area (Å²) in [7, 11) is 1.68. The monoisotopic (exact) mass is 271 g/mol. The fourth-order valence-corrected chi connectivity index (χ4v) is 1.98. The summed E-state index contributed by atoms with van der Waals surface area (Å²) in [5, 5.41) is 19.2. The summed E-state index contributed by atoms with van der Waals surface area (Å²) in [4.78, 5) is 13.8. The molecule has 0 fully saturated rings. The predicted molar refractivity (Wildman–Crippen MR) is 76.7 cm³/mol. The van der Waals surface area contributed by atoms with E-state index in [0.717, 1.165) is 5.56 Å². The summed E-state index contributed by atoms with van der Waals surface area (Å²) in [6, 6.07) is 11.8. The van der Waals surface area contributed by atoms with E-state index < -0.39 is 0 Å². The molecule has 2 rings (SSSR count). The summed E-state index contributed by atoms with van der Waals surface area (Å²) in [6.45, 7) is 2.17. The molecule has 4 nitrogen and oxygen atoms in total. The molecule has 1 amide bonds. The van der Waals surface area contributed by atoms with Crippen molar-refractivity contribution in [1.82, 2.24) is 4.90 Å². The molecular formula is C16H17NO3. The van der Waals surface area contributed by atoms with Gasteiger partial charge < -0.3 is 15.1 Å². The number of nitrogens with zero attached hydrogens (tertiary/aromatic N) is 1. The maximum Gasteiger partial charge on any atom is 0.257 e. The summed E-state index contributed by atoms with van der Waals surface area (Å²) in [5.74, 6) is -0.0200. The van der Waals surface area contributed by atoms with E-state index in [1.807, 2.05) is 0 Å². The molecular weight excluding hydrogens is 254 g/mol. The van der Waals surface area contributed by atoms with Crippen molar-refractivity contribution in [2.45, 2.75) is 13.5 Å². The Balaban J connectivity index is 2.16. The highest BCUT2D eigenvalue weighted by atomic mass is 16.3. The van der Waals surface area contributed by atoms with E-state index in [4.69, 9.17) is 0 Å². The molecule has 0 radical (unpaired) electrons. The third-order valence-corrected chi connectivity index (χ3v) is 3.17. The maximum absolute atomic E-state index is 12.3. The van der Waals surface area contributed by atoms with Gasteiger partial charge in [-0.05, 0) is 36.2 Å². The highest BCUT2D eigenvalue weighted by molar-refractivity contribution is 5.97. The standard InChI is InChI=1S/C16H17NO3/c1-11-4-3-5-14(15(11)19)16(20)17(2)10-12-6-8-13(18)9-7-12/h3-9,18-19H,10H2,1-2H3. The van der Waals surface area contributed by atoms with Crippen molar-refractivity contribution < 1.29 is 15.0 Å². The van der Waals surface area contributed by atoms with Crippen molar-refractivity contribution >= 4 is 5.91 Å². The van der Waals surface area contributed by atoms with Gasteiger partial charge in [0.25, 0.3) is 5.91 Å². The molecule has 2 N–H and O–H groups in total. The number of phenolic OH excluding ortho intramolecular Hbond substituents is 2. The minimum atomic E-state index is -0.237. The normalized spacial score (nSPS) is 10.3. The van der Waals surface area contributed by atoms with E-state index in [1.54, 1.807) is 56.4 Å². The van der Waals surface area contributed by atoms with Gasteiger partial charge in [-0.25, -0.2) is 0 Å². The van der Waals surface area contributed by atoms with Crippen LogP contribution in [0.2, 0.25) is 0 Å². The van der Waals surface area contributed by atoms with E-state index in [9.17, 15) is 15.0 Å². The Kier molecular flexibility index (Phi) is 3.94. The van der Waals surface area contributed by atoms with Crippen molar-refractivity contribution in [1.29, 1.82) is 0 Å². The summed E-state index contributed by atoms with van der Waals surface area (Å²) in [5.41, 5.74) is 1.88. The first-order valence-corrected chi connectivity index (χ1v) is 6.31. The van der Waals surface area contributed by atoms with Crippen LogP contribution in [0.25, 0.3) is 0 Å². The Labute approximate surface area is 117 Å². The Morgan fingerprint density at radius 2 is 1.75 bits per heavy atom. The molecule has 0 spiro atoms. The number of aromatic hydroxyl groups is 2. The van der Waals surface area contributed by atoms with Gasteiger partial charge in [-0.2, -0.15) is 0 Å². The second kappa shape index (κ2) is 5.65. The number of carbonyl (C=O) groups excluding carboxylic acids is 1. The van der Waals surface area contributed by atoms with E-state index in [-0.39, 0.29) is 17.4 Å². The maximum atomic E-state index is 12.3. The lowest BCUT2D eigenvalue weighted by Crippen LogP contribution is -2.26. The largest absolute Gasteiger partial charge is 0.508 e. The zero-order valence-electron chi connectivity index (χ0n) is 11.5. The van der Waals surface area contributed by atoms with Crippen molar-refractivity contribution in [2.24, 2.45) is 0 Å². The molecule has 0 aliphatic heterocycles. The Hall–Kier alpha value is -2.49. The van der Waals surface area contributed by atoms with Crippen LogP contribution in [0.4, 0.5) is 0 Å². The van der Waals surface area contributed by atoms with Crippen molar-refractivity contribution in [2.75, 3.05) is 7.05 Å². The minimum Gasteiger partial charge on any atom is -0.508 e. The van der Waals surface area contributed by atoms with Gasteiger partial charge >= 0.3 is 0 Å². The first-order chi connectivity index (χ1) is 9.49. The molecule has 0 aliphatic carbocycles. The molecule has 20 heavy (non-hydrogen) atoms. The minimum absolute atomic E-state index is 0.0232. The summed E-state index contributed by atoms with van der Waals surface area (Å²) >= 11 is 0. The first kappa shape index (κ1) is 13.9. The third kappa shape index (κ3) is 2.91. The Morgan fingerprint density at radius 1 is 1.10 bits per heavy atom. The molecule has 2 aromatic rings. The molecule has 0 heterocycles. The van der Waals surface area contributed by atoms with Crippen LogP contribution in [-0.4, -0.2) is 28.1 Å². The number of benzene rings is 2. The van der Waals surface area contributed by atoms with Crippen LogP contribution in [0, 0.1) is 6.92 Å². The van der Waals surface area contributed by atoms with E-state index in [1.165, 1.54) is 4.90 Å². The zero-order valence-corrected chi connectivity index (χ0v) is 11.5. The number of hydrogen-bond acceptors (Lipinski definition) is 3. The third-order valence-electron chi connectivity index (χ3n) is 3.17. The number of aryl methyl sites for hydroxylation is 1. The molecule has 0 atom stereocenters. The SMILES string of the molecule is Cc1cccc(C(=O)N(C)Cc2ccc(O)cc2)c1O. The van der Waals surface area contributed by atoms with Crippen LogP contribution in [0.15, 0.2) is 42.5 Å². The average molecular weight is 271 g/mol. The van der Waals surface area contributed by atoms with Gasteiger partial charge in [-0.1, -0.05) is 24.3 Å². The quantitative estimate of drug-likeness (QED) is 0.902. The van der Waals surface area contributed by atoms with Crippen LogP contribution in [0.3, 0.4) is 0 Å². The first-order valence-electron chi connectivity index (χ1n) is 6.31. The van der Waals surface area contributed by atoms with Crippen molar-refractivity contribution in [3.8, 4) is 11.5 Å². The molecule has 4 heteroatoms. The van der Waals surface area contributed by atoms with E-state index in [2.05, 4.69) is 0 Å². The number of para-hydroxylation sites is 1. The molecule has 0 unspecified atom stereocenters. The molecule has 104 valence electrons. The second-order valence-electron chi connectivity index (χ2n) is 4.80. The topological polar surface area (TPSA) is 60.8 Å². The van der Waals surface area contributed by atoms with Crippen molar-refractivity contribution in [3.05, 3.63) is 59.2 Å². The van der Waals surface area contributed by atoms with Crippen LogP contribution < -0.4 is 0 Å².